The molecule has 100 valence electrons. The van der Waals surface area contributed by atoms with Crippen molar-refractivity contribution in [3.63, 3.8) is 0 Å². The van der Waals surface area contributed by atoms with Gasteiger partial charge in [0.25, 0.3) is 0 Å². The molecule has 4 heteroatoms. The predicted octanol–water partition coefficient (Wildman–Crippen LogP) is 2.74. The first-order chi connectivity index (χ1) is 8.59. The summed E-state index contributed by atoms with van der Waals surface area (Å²) >= 11 is 1.64. The van der Waals surface area contributed by atoms with Crippen LogP contribution >= 0.6 is 11.3 Å². The zero-order chi connectivity index (χ0) is 13.2. The Morgan fingerprint density at radius 3 is 2.67 bits per heavy atom. The Hall–Kier alpha value is -0.710. The number of hydrogen-bond donors (Lipinski definition) is 0. The molecule has 2 heterocycles. The summed E-state index contributed by atoms with van der Waals surface area (Å²) in [6, 6.07) is 1.96. The van der Waals surface area contributed by atoms with Gasteiger partial charge in [0.2, 0.25) is 0 Å². The lowest BCUT2D eigenvalue weighted by atomic mass is 9.86. The fourth-order valence-corrected chi connectivity index (χ4v) is 3.19. The van der Waals surface area contributed by atoms with Gasteiger partial charge >= 0.3 is 0 Å². The van der Waals surface area contributed by atoms with Crippen LogP contribution in [0.25, 0.3) is 0 Å². The molecular formula is C14H21NO2S. The third-order valence-electron chi connectivity index (χ3n) is 3.99. The lowest BCUT2D eigenvalue weighted by molar-refractivity contribution is -0.0106. The van der Waals surface area contributed by atoms with Gasteiger partial charge in [0.15, 0.2) is 5.78 Å². The van der Waals surface area contributed by atoms with E-state index in [1.807, 2.05) is 18.4 Å². The van der Waals surface area contributed by atoms with E-state index in [-0.39, 0.29) is 5.78 Å². The van der Waals surface area contributed by atoms with Crippen molar-refractivity contribution < 1.29 is 9.53 Å². The first-order valence-electron chi connectivity index (χ1n) is 6.51. The second-order valence-corrected chi connectivity index (χ2v) is 6.07. The van der Waals surface area contributed by atoms with Gasteiger partial charge < -0.3 is 4.74 Å². The lowest BCUT2D eigenvalue weighted by Crippen LogP contribution is -2.56. The van der Waals surface area contributed by atoms with E-state index in [1.54, 1.807) is 11.3 Å². The van der Waals surface area contributed by atoms with Crippen LogP contribution < -0.4 is 0 Å². The Balaban J connectivity index is 2.26. The Morgan fingerprint density at radius 1 is 1.50 bits per heavy atom. The molecule has 0 radical (unpaired) electrons. The summed E-state index contributed by atoms with van der Waals surface area (Å²) in [7, 11) is 0. The van der Waals surface area contributed by atoms with E-state index in [4.69, 9.17) is 4.74 Å². The van der Waals surface area contributed by atoms with E-state index in [0.717, 1.165) is 43.2 Å². The highest BCUT2D eigenvalue weighted by Crippen LogP contribution is 2.28. The van der Waals surface area contributed by atoms with Gasteiger partial charge in [0, 0.05) is 23.5 Å². The van der Waals surface area contributed by atoms with Crippen LogP contribution in [-0.2, 0) is 4.74 Å². The van der Waals surface area contributed by atoms with Gasteiger partial charge in [0.1, 0.15) is 0 Å². The summed E-state index contributed by atoms with van der Waals surface area (Å²) in [6.45, 7) is 9.33. The Labute approximate surface area is 113 Å². The highest BCUT2D eigenvalue weighted by Gasteiger charge is 2.39. The van der Waals surface area contributed by atoms with Gasteiger partial charge in [-0.25, -0.2) is 0 Å². The smallest absolute Gasteiger partial charge is 0.183 e. The van der Waals surface area contributed by atoms with E-state index in [1.165, 1.54) is 0 Å². The fourth-order valence-electron chi connectivity index (χ4n) is 2.50. The van der Waals surface area contributed by atoms with Crippen molar-refractivity contribution in [1.29, 1.82) is 0 Å². The predicted molar refractivity (Wildman–Crippen MR) is 74.5 cm³/mol. The lowest BCUT2D eigenvalue weighted by Gasteiger charge is -2.41. The van der Waals surface area contributed by atoms with Gasteiger partial charge in [-0.2, -0.15) is 0 Å². The van der Waals surface area contributed by atoms with E-state index in [2.05, 4.69) is 18.7 Å². The number of ether oxygens (including phenoxy) is 1. The Kier molecular flexibility index (Phi) is 4.20. The van der Waals surface area contributed by atoms with Crippen molar-refractivity contribution in [1.82, 2.24) is 4.90 Å². The summed E-state index contributed by atoms with van der Waals surface area (Å²) in [6.07, 6.45) is 0.834. The normalized spacial score (nSPS) is 20.6. The maximum atomic E-state index is 12.8. The molecule has 1 atom stereocenters. The molecule has 1 saturated heterocycles. The zero-order valence-electron chi connectivity index (χ0n) is 11.4. The number of aryl methyl sites for hydroxylation is 1. The van der Waals surface area contributed by atoms with Gasteiger partial charge in [-0.15, -0.1) is 11.3 Å². The number of ketones is 1. The van der Waals surface area contributed by atoms with E-state index >= 15 is 0 Å². The molecule has 3 nitrogen and oxygen atoms in total. The maximum absolute atomic E-state index is 12.8. The highest BCUT2D eigenvalue weighted by atomic mass is 32.1. The van der Waals surface area contributed by atoms with Gasteiger partial charge in [-0.3, -0.25) is 9.69 Å². The fraction of sp³-hybridized carbons (Fsp3) is 0.643. The summed E-state index contributed by atoms with van der Waals surface area (Å²) in [5.41, 5.74) is 0.492. The van der Waals surface area contributed by atoms with Crippen LogP contribution in [0, 0.1) is 6.92 Å². The van der Waals surface area contributed by atoms with E-state index in [9.17, 15) is 4.79 Å². The number of carbonyl (C=O) groups excluding carboxylic acids is 1. The minimum atomic E-state index is -0.393. The van der Waals surface area contributed by atoms with Crippen molar-refractivity contribution in [2.24, 2.45) is 0 Å². The number of nitrogens with zero attached hydrogens (tertiary/aromatic N) is 1. The van der Waals surface area contributed by atoms with Crippen molar-refractivity contribution in [2.75, 3.05) is 26.3 Å². The van der Waals surface area contributed by atoms with Crippen molar-refractivity contribution >= 4 is 17.1 Å². The minimum absolute atomic E-state index is 0.255. The average Bonchev–Trinajstić information content (AvgIpc) is 2.84. The van der Waals surface area contributed by atoms with E-state index < -0.39 is 5.54 Å². The first kappa shape index (κ1) is 13.7. The third-order valence-corrected chi connectivity index (χ3v) is 4.84. The second-order valence-electron chi connectivity index (χ2n) is 4.95. The number of Topliss-reactive ketones (excluding diaryl/α,β-unsaturated/α-hetero) is 1. The highest BCUT2D eigenvalue weighted by molar-refractivity contribution is 7.10. The summed E-state index contributed by atoms with van der Waals surface area (Å²) in [4.78, 5) is 16.2. The topological polar surface area (TPSA) is 29.5 Å². The van der Waals surface area contributed by atoms with Gasteiger partial charge in [-0.1, -0.05) is 6.92 Å². The SMILES string of the molecule is CCC(C)(C(=O)c1ccsc1C)N1CCOCC1. The summed E-state index contributed by atoms with van der Waals surface area (Å²) < 4.78 is 5.38. The van der Waals surface area contributed by atoms with Crippen LogP contribution in [0.3, 0.4) is 0 Å². The number of carbonyl (C=O) groups is 1. The van der Waals surface area contributed by atoms with Crippen LogP contribution in [0.4, 0.5) is 0 Å². The van der Waals surface area contributed by atoms with Gasteiger partial charge in [-0.05, 0) is 31.7 Å². The molecule has 0 spiro atoms. The molecule has 0 aliphatic carbocycles. The quantitative estimate of drug-likeness (QED) is 0.786. The molecule has 18 heavy (non-hydrogen) atoms. The van der Waals surface area contributed by atoms with E-state index in [0.29, 0.717) is 0 Å². The molecule has 0 saturated carbocycles. The monoisotopic (exact) mass is 267 g/mol. The molecule has 1 aliphatic heterocycles. The number of rotatable bonds is 4. The van der Waals surface area contributed by atoms with Crippen molar-refractivity contribution in [2.45, 2.75) is 32.7 Å². The molecule has 0 aromatic carbocycles. The number of hydrogen-bond acceptors (Lipinski definition) is 4. The van der Waals surface area contributed by atoms with Crippen LogP contribution in [-0.4, -0.2) is 42.5 Å². The Bertz CT molecular complexity index is 423. The maximum Gasteiger partial charge on any atom is 0.183 e. The molecule has 0 N–H and O–H groups in total. The third kappa shape index (κ3) is 2.37. The zero-order valence-corrected chi connectivity index (χ0v) is 12.2. The molecule has 1 aromatic heterocycles. The van der Waals surface area contributed by atoms with Crippen LogP contribution in [0.15, 0.2) is 11.4 Å². The standard InChI is InChI=1S/C14H21NO2S/c1-4-14(3,15-6-8-17-9-7-15)13(16)12-5-10-18-11(12)2/h5,10H,4,6-9H2,1-3H3. The molecule has 2 rings (SSSR count). The number of thiophene rings is 1. The van der Waals surface area contributed by atoms with Crippen LogP contribution in [0.2, 0.25) is 0 Å². The van der Waals surface area contributed by atoms with Crippen LogP contribution in [0.1, 0.15) is 35.5 Å². The average molecular weight is 267 g/mol. The molecular weight excluding hydrogens is 246 g/mol. The largest absolute Gasteiger partial charge is 0.379 e. The van der Waals surface area contributed by atoms with Crippen molar-refractivity contribution in [3.8, 4) is 0 Å². The summed E-state index contributed by atoms with van der Waals surface area (Å²) in [5, 5.41) is 2.00. The Morgan fingerprint density at radius 2 is 2.17 bits per heavy atom. The minimum Gasteiger partial charge on any atom is -0.379 e. The molecule has 0 bridgehead atoms. The second kappa shape index (κ2) is 5.51. The first-order valence-corrected chi connectivity index (χ1v) is 7.39. The van der Waals surface area contributed by atoms with Crippen LogP contribution in [0.5, 0.6) is 0 Å². The summed E-state index contributed by atoms with van der Waals surface area (Å²) in [5.74, 6) is 0.255. The molecule has 1 unspecified atom stereocenters. The number of morpholine rings is 1. The molecule has 1 aliphatic rings. The van der Waals surface area contributed by atoms with Gasteiger partial charge in [0.05, 0.1) is 18.8 Å². The molecule has 1 fully saturated rings. The molecule has 1 aromatic rings. The van der Waals surface area contributed by atoms with Crippen molar-refractivity contribution in [3.05, 3.63) is 21.9 Å². The molecule has 0 amide bonds.